The standard InChI is InChI=1S/C54H50FN15O7S/c55-39-3-1-18-57-42(39)27-59-49-48-51(61-29-60-49)78-47(65-48)15-21-56-20-14-45-63-40-11-5-31(24-41(40)64-45)62-46(73)13-17-53(67-68-53)16-12-32-28-70(69-66-32)22-2-19-58-50(74)30-4-8-35-38(23-30)54(77-52(35)75)36-9-6-33(71)25-43(36)76-44-26-34(72)7-10-37(44)54/h1,3-11,18,23-26,28-29,56,67-68,71-72H,2,12-17,19-22,27H2,(H,58,74)(H,62,73)(H,63,64)(H,59,60,61). The number of hydrogen-bond donors (Lipinski definition) is 9. The van der Waals surface area contributed by atoms with Crippen LogP contribution in [0, 0.1) is 5.82 Å². The molecule has 4 aromatic carbocycles. The molecule has 1 fully saturated rings. The molecule has 22 nitrogen and oxygen atoms in total. The van der Waals surface area contributed by atoms with Crippen molar-refractivity contribution in [2.75, 3.05) is 30.3 Å². The molecule has 8 heterocycles. The number of aromatic hydroxyl groups is 2. The molecular weight excluding hydrogens is 1020 g/mol. The summed E-state index contributed by atoms with van der Waals surface area (Å²) in [5, 5.41) is 42.6. The number of benzene rings is 4. The zero-order valence-electron chi connectivity index (χ0n) is 41.6. The number of hydrazine groups is 1. The highest BCUT2D eigenvalue weighted by atomic mass is 32.1. The number of phenols is 2. The molecule has 12 rings (SSSR count). The smallest absolute Gasteiger partial charge is 0.340 e. The van der Waals surface area contributed by atoms with Crippen LogP contribution in [0.1, 0.15) is 85.3 Å². The van der Waals surface area contributed by atoms with Crippen LogP contribution in [-0.2, 0) is 47.5 Å². The van der Waals surface area contributed by atoms with Crippen LogP contribution >= 0.6 is 11.3 Å². The fourth-order valence-electron chi connectivity index (χ4n) is 9.84. The molecule has 1 spiro atoms. The van der Waals surface area contributed by atoms with Gasteiger partial charge in [0.1, 0.15) is 51.3 Å². The summed E-state index contributed by atoms with van der Waals surface area (Å²) in [4.78, 5) is 66.4. The number of carbonyl (C=O) groups excluding carboxylic acids is 3. The number of thiazole rings is 1. The highest BCUT2D eigenvalue weighted by Gasteiger charge is 2.54. The molecule has 24 heteroatoms. The summed E-state index contributed by atoms with van der Waals surface area (Å²) in [5.74, 6) is 0.323. The lowest BCUT2D eigenvalue weighted by molar-refractivity contribution is -0.116. The number of hydrogen-bond acceptors (Lipinski definition) is 19. The Morgan fingerprint density at radius 1 is 0.846 bits per heavy atom. The van der Waals surface area contributed by atoms with E-state index in [1.54, 1.807) is 47.3 Å². The summed E-state index contributed by atoms with van der Waals surface area (Å²) in [6.45, 7) is 2.42. The summed E-state index contributed by atoms with van der Waals surface area (Å²) in [7, 11) is 0. The first kappa shape index (κ1) is 49.9. The van der Waals surface area contributed by atoms with E-state index < -0.39 is 17.2 Å². The number of aromatic nitrogens is 9. The third kappa shape index (κ3) is 10.2. The Labute approximate surface area is 447 Å². The van der Waals surface area contributed by atoms with Gasteiger partial charge in [-0.05, 0) is 98.5 Å². The Morgan fingerprint density at radius 2 is 1.67 bits per heavy atom. The third-order valence-corrected chi connectivity index (χ3v) is 14.9. The third-order valence-electron chi connectivity index (χ3n) is 13.9. The molecule has 3 aliphatic heterocycles. The number of halogens is 1. The maximum absolute atomic E-state index is 14.1. The minimum Gasteiger partial charge on any atom is -0.508 e. The SMILES string of the molecule is O=C(CCC1(CCc2cn(CCCNC(=O)c3ccc4c(c3)C3(OC4=O)c4ccc(O)cc4Oc4cc(O)ccc43)nn2)NN1)Nc1ccc2nc(CCNCCc3nc4c(NCc5ncccc5F)ncnc4s3)[nH]c2c1. The van der Waals surface area contributed by atoms with Crippen LogP contribution in [-0.4, -0.2) is 98.2 Å². The number of ether oxygens (including phenoxy) is 2. The number of aromatic amines is 1. The largest absolute Gasteiger partial charge is 0.508 e. The zero-order valence-corrected chi connectivity index (χ0v) is 42.4. The molecule has 3 aliphatic rings. The summed E-state index contributed by atoms with van der Waals surface area (Å²) in [6.07, 6.45) is 9.00. The fraction of sp³-hybridized carbons (Fsp3) is 0.259. The van der Waals surface area contributed by atoms with Crippen LogP contribution in [0.25, 0.3) is 21.4 Å². The first-order valence-electron chi connectivity index (χ1n) is 25.3. The molecule has 0 bridgehead atoms. The maximum Gasteiger partial charge on any atom is 0.340 e. The van der Waals surface area contributed by atoms with Crippen LogP contribution in [0.15, 0.2) is 104 Å². The highest BCUT2D eigenvalue weighted by Crippen LogP contribution is 2.57. The van der Waals surface area contributed by atoms with Gasteiger partial charge in [-0.3, -0.25) is 19.3 Å². The van der Waals surface area contributed by atoms with Crippen molar-refractivity contribution in [3.63, 3.8) is 0 Å². The van der Waals surface area contributed by atoms with Crippen LogP contribution in [0.3, 0.4) is 0 Å². The van der Waals surface area contributed by atoms with Gasteiger partial charge in [-0.2, -0.15) is 0 Å². The minimum absolute atomic E-state index is 0.0562. The van der Waals surface area contributed by atoms with Crippen molar-refractivity contribution in [1.82, 2.24) is 66.4 Å². The first-order valence-corrected chi connectivity index (χ1v) is 26.2. The monoisotopic (exact) mass is 1070 g/mol. The van der Waals surface area contributed by atoms with Gasteiger partial charge < -0.3 is 45.9 Å². The first-order chi connectivity index (χ1) is 38.0. The topological polar surface area (TPSA) is 313 Å². The van der Waals surface area contributed by atoms with E-state index in [4.69, 9.17) is 19.4 Å². The second kappa shape index (κ2) is 20.9. The van der Waals surface area contributed by atoms with Gasteiger partial charge in [0.25, 0.3) is 5.91 Å². The quantitative estimate of drug-likeness (QED) is 0.0225. The van der Waals surface area contributed by atoms with E-state index >= 15 is 0 Å². The van der Waals surface area contributed by atoms with E-state index in [0.29, 0.717) is 110 Å². The number of amides is 2. The number of imidazole rings is 1. The number of rotatable bonds is 21. The van der Waals surface area contributed by atoms with E-state index in [1.807, 2.05) is 24.4 Å². The van der Waals surface area contributed by atoms with E-state index in [1.165, 1.54) is 48.0 Å². The second-order valence-corrected chi connectivity index (χ2v) is 20.3. The highest BCUT2D eigenvalue weighted by molar-refractivity contribution is 7.18. The van der Waals surface area contributed by atoms with Crippen molar-refractivity contribution >= 4 is 62.0 Å². The Balaban J connectivity index is 0.567. The Morgan fingerprint density at radius 3 is 2.47 bits per heavy atom. The van der Waals surface area contributed by atoms with Gasteiger partial charge in [0, 0.05) is 97.9 Å². The van der Waals surface area contributed by atoms with Crippen molar-refractivity contribution in [1.29, 1.82) is 0 Å². The average Bonchev–Trinajstić information content (AvgIpc) is 3.63. The molecule has 0 saturated carbocycles. The number of nitrogens with zero attached hydrogens (tertiary/aromatic N) is 8. The van der Waals surface area contributed by atoms with E-state index in [2.05, 4.69) is 62.4 Å². The summed E-state index contributed by atoms with van der Waals surface area (Å²) >= 11 is 1.50. The van der Waals surface area contributed by atoms with Crippen LogP contribution in [0.5, 0.6) is 23.0 Å². The number of esters is 1. The molecular formula is C54H50FN15O7S. The van der Waals surface area contributed by atoms with E-state index in [9.17, 15) is 29.0 Å². The lowest BCUT2D eigenvalue weighted by Crippen LogP contribution is -2.33. The number of nitrogens with one attached hydrogen (secondary N) is 7. The molecule has 1 saturated heterocycles. The zero-order chi connectivity index (χ0) is 53.4. The Hall–Kier alpha value is -8.97. The van der Waals surface area contributed by atoms with Crippen LogP contribution in [0.4, 0.5) is 15.9 Å². The predicted molar refractivity (Wildman–Crippen MR) is 283 cm³/mol. The Bertz CT molecular complexity index is 3730. The van der Waals surface area contributed by atoms with E-state index in [-0.39, 0.29) is 59.2 Å². The predicted octanol–water partition coefficient (Wildman–Crippen LogP) is 6.03. The summed E-state index contributed by atoms with van der Waals surface area (Å²) in [6, 6.07) is 22.3. The number of fused-ring (bicyclic) bond motifs is 8. The maximum atomic E-state index is 14.1. The fourth-order valence-corrected chi connectivity index (χ4v) is 10.7. The van der Waals surface area contributed by atoms with Gasteiger partial charge in [0.2, 0.25) is 5.91 Å². The number of H-pyrrole nitrogens is 1. The van der Waals surface area contributed by atoms with Crippen molar-refractivity contribution in [3.8, 4) is 23.0 Å². The van der Waals surface area contributed by atoms with Gasteiger partial charge in [0.05, 0.1) is 45.2 Å². The van der Waals surface area contributed by atoms with Gasteiger partial charge in [0.15, 0.2) is 11.4 Å². The molecule has 5 aromatic heterocycles. The number of anilines is 2. The number of aryl methyl sites for hydroxylation is 2. The van der Waals surface area contributed by atoms with Crippen molar-refractivity contribution in [3.05, 3.63) is 160 Å². The van der Waals surface area contributed by atoms with Crippen molar-refractivity contribution < 1.29 is 38.5 Å². The molecule has 2 amide bonds. The van der Waals surface area contributed by atoms with Gasteiger partial charge in [-0.25, -0.2) is 40.0 Å². The van der Waals surface area contributed by atoms with Gasteiger partial charge >= 0.3 is 5.97 Å². The molecule has 0 unspecified atom stereocenters. The molecule has 78 heavy (non-hydrogen) atoms. The van der Waals surface area contributed by atoms with Crippen LogP contribution in [0.2, 0.25) is 0 Å². The summed E-state index contributed by atoms with van der Waals surface area (Å²) in [5.41, 5.74) is 10.6. The molecule has 9 N–H and O–H groups in total. The van der Waals surface area contributed by atoms with Crippen molar-refractivity contribution in [2.24, 2.45) is 0 Å². The van der Waals surface area contributed by atoms with E-state index in [0.717, 1.165) is 32.4 Å². The lowest BCUT2D eigenvalue weighted by atomic mass is 9.77. The second-order valence-electron chi connectivity index (χ2n) is 19.2. The number of pyridine rings is 1. The van der Waals surface area contributed by atoms with Gasteiger partial charge in [-0.1, -0.05) is 16.6 Å². The summed E-state index contributed by atoms with van der Waals surface area (Å²) < 4.78 is 28.0. The Kier molecular flexibility index (Phi) is 13.3. The van der Waals surface area contributed by atoms with Crippen molar-refractivity contribution in [2.45, 2.75) is 69.3 Å². The molecule has 0 atom stereocenters. The molecule has 396 valence electrons. The van der Waals surface area contributed by atoms with Crippen LogP contribution < -0.4 is 36.9 Å². The minimum atomic E-state index is -1.48. The number of carbonyl (C=O) groups is 3. The lowest BCUT2D eigenvalue weighted by Gasteiger charge is -2.36. The normalized spacial score (nSPS) is 14.4. The molecule has 9 aromatic rings. The molecule has 0 aliphatic carbocycles. The number of phenolic OH excluding ortho intramolecular Hbond substituents is 2. The molecule has 0 radical (unpaired) electrons. The average molecular weight is 1070 g/mol. The van der Waals surface area contributed by atoms with Gasteiger partial charge in [-0.15, -0.1) is 5.10 Å².